The fourth-order valence-electron chi connectivity index (χ4n) is 4.38. The molecule has 0 bridgehead atoms. The predicted molar refractivity (Wildman–Crippen MR) is 105 cm³/mol. The molecule has 0 aromatic heterocycles. The summed E-state index contributed by atoms with van der Waals surface area (Å²) in [6.45, 7) is 1.61. The topological polar surface area (TPSA) is 78.8 Å². The molecule has 0 saturated carbocycles. The SMILES string of the molecule is O=C1CC=CC(Cl)=C1C1=Nc2cc3c(cc2C1)C(=O)N(C1CCNCC1)C3=O. The molecule has 0 radical (unpaired) electrons. The Morgan fingerprint density at radius 3 is 2.50 bits per heavy atom. The van der Waals surface area contributed by atoms with Crippen molar-refractivity contribution in [2.24, 2.45) is 4.99 Å². The van der Waals surface area contributed by atoms with Gasteiger partial charge in [-0.3, -0.25) is 24.3 Å². The summed E-state index contributed by atoms with van der Waals surface area (Å²) in [5.74, 6) is -0.528. The lowest BCUT2D eigenvalue weighted by atomic mass is 9.95. The van der Waals surface area contributed by atoms with Crippen molar-refractivity contribution in [3.8, 4) is 0 Å². The Labute approximate surface area is 166 Å². The first kappa shape index (κ1) is 17.5. The van der Waals surface area contributed by atoms with Crippen LogP contribution >= 0.6 is 11.6 Å². The maximum Gasteiger partial charge on any atom is 0.261 e. The molecular weight excluding hydrogens is 378 g/mol. The van der Waals surface area contributed by atoms with E-state index >= 15 is 0 Å². The van der Waals surface area contributed by atoms with E-state index < -0.39 is 0 Å². The second-order valence-corrected chi connectivity index (χ2v) is 7.88. The number of Topliss-reactive ketones (excluding diaryl/α,β-unsaturated/α-hetero) is 1. The number of benzene rings is 1. The molecule has 1 saturated heterocycles. The maximum atomic E-state index is 12.9. The monoisotopic (exact) mass is 395 g/mol. The molecule has 1 aromatic carbocycles. The molecule has 1 aromatic rings. The van der Waals surface area contributed by atoms with Gasteiger partial charge in [-0.25, -0.2) is 0 Å². The Balaban J connectivity index is 1.50. The molecule has 6 nitrogen and oxygen atoms in total. The Morgan fingerprint density at radius 2 is 1.79 bits per heavy atom. The van der Waals surface area contributed by atoms with Crippen LogP contribution in [0, 0.1) is 0 Å². The number of rotatable bonds is 2. The van der Waals surface area contributed by atoms with Crippen LogP contribution < -0.4 is 5.32 Å². The highest BCUT2D eigenvalue weighted by Gasteiger charge is 2.41. The van der Waals surface area contributed by atoms with E-state index in [-0.39, 0.29) is 23.6 Å². The van der Waals surface area contributed by atoms with Gasteiger partial charge in [0.15, 0.2) is 5.78 Å². The number of amides is 2. The summed E-state index contributed by atoms with van der Waals surface area (Å²) in [5, 5.41) is 3.64. The van der Waals surface area contributed by atoms with Crippen LogP contribution in [0.1, 0.15) is 45.5 Å². The highest BCUT2D eigenvalue weighted by molar-refractivity contribution is 6.40. The van der Waals surface area contributed by atoms with E-state index in [1.807, 2.05) is 0 Å². The minimum atomic E-state index is -0.243. The van der Waals surface area contributed by atoms with Crippen molar-refractivity contribution in [3.05, 3.63) is 51.6 Å². The second-order valence-electron chi connectivity index (χ2n) is 7.48. The molecule has 0 spiro atoms. The smallest absolute Gasteiger partial charge is 0.261 e. The van der Waals surface area contributed by atoms with Gasteiger partial charge in [-0.05, 0) is 49.7 Å². The molecule has 1 N–H and O–H groups in total. The lowest BCUT2D eigenvalue weighted by Gasteiger charge is -2.29. The van der Waals surface area contributed by atoms with E-state index in [9.17, 15) is 14.4 Å². The van der Waals surface area contributed by atoms with Gasteiger partial charge >= 0.3 is 0 Å². The van der Waals surface area contributed by atoms with Crippen molar-refractivity contribution >= 4 is 40.6 Å². The zero-order valence-electron chi connectivity index (χ0n) is 15.1. The quantitative estimate of drug-likeness (QED) is 0.781. The molecule has 28 heavy (non-hydrogen) atoms. The van der Waals surface area contributed by atoms with Crippen molar-refractivity contribution in [2.75, 3.05) is 13.1 Å². The van der Waals surface area contributed by atoms with Crippen LogP contribution in [0.4, 0.5) is 5.69 Å². The third-order valence-electron chi connectivity index (χ3n) is 5.78. The molecule has 1 aliphatic carbocycles. The lowest BCUT2D eigenvalue weighted by Crippen LogP contribution is -2.45. The van der Waals surface area contributed by atoms with Gasteiger partial charge in [0.2, 0.25) is 0 Å². The van der Waals surface area contributed by atoms with Crippen molar-refractivity contribution in [1.82, 2.24) is 10.2 Å². The fraction of sp³-hybridized carbons (Fsp3) is 0.333. The average molecular weight is 396 g/mol. The molecule has 142 valence electrons. The van der Waals surface area contributed by atoms with E-state index in [2.05, 4.69) is 10.3 Å². The normalized spacial score (nSPS) is 22.1. The number of aliphatic imine (C=N–C) groups is 1. The summed E-state index contributed by atoms with van der Waals surface area (Å²) in [6, 6.07) is 3.40. The number of nitrogens with one attached hydrogen (secondary N) is 1. The van der Waals surface area contributed by atoms with Crippen LogP contribution in [0.15, 0.2) is 39.9 Å². The first-order valence-corrected chi connectivity index (χ1v) is 9.85. The number of nitrogens with zero attached hydrogens (tertiary/aromatic N) is 2. The Bertz CT molecular complexity index is 1030. The zero-order chi connectivity index (χ0) is 19.4. The molecule has 0 atom stereocenters. The van der Waals surface area contributed by atoms with Crippen molar-refractivity contribution in [1.29, 1.82) is 0 Å². The summed E-state index contributed by atoms with van der Waals surface area (Å²) in [4.78, 5) is 44.2. The number of allylic oxidation sites excluding steroid dienone is 4. The summed E-state index contributed by atoms with van der Waals surface area (Å²) < 4.78 is 0. The Hall–Kier alpha value is -2.57. The minimum Gasteiger partial charge on any atom is -0.317 e. The summed E-state index contributed by atoms with van der Waals surface area (Å²) in [6.07, 6.45) is 5.74. The van der Waals surface area contributed by atoms with E-state index in [4.69, 9.17) is 11.6 Å². The van der Waals surface area contributed by atoms with Crippen LogP contribution in [-0.4, -0.2) is 47.3 Å². The molecule has 5 rings (SSSR count). The van der Waals surface area contributed by atoms with Gasteiger partial charge in [0.25, 0.3) is 11.8 Å². The van der Waals surface area contributed by atoms with Gasteiger partial charge in [0.05, 0.1) is 33.1 Å². The molecule has 7 heteroatoms. The minimum absolute atomic E-state index is 0.0573. The number of halogens is 1. The van der Waals surface area contributed by atoms with E-state index in [1.54, 1.807) is 24.3 Å². The molecule has 3 heterocycles. The van der Waals surface area contributed by atoms with E-state index in [0.29, 0.717) is 46.0 Å². The number of piperidine rings is 1. The maximum absolute atomic E-state index is 12.9. The zero-order valence-corrected chi connectivity index (χ0v) is 15.9. The number of ketones is 1. The van der Waals surface area contributed by atoms with Gasteiger partial charge in [0, 0.05) is 18.9 Å². The summed E-state index contributed by atoms with van der Waals surface area (Å²) in [7, 11) is 0. The fourth-order valence-corrected chi connectivity index (χ4v) is 4.68. The van der Waals surface area contributed by atoms with E-state index in [1.165, 1.54) is 4.90 Å². The van der Waals surface area contributed by atoms with Gasteiger partial charge in [0.1, 0.15) is 0 Å². The lowest BCUT2D eigenvalue weighted by molar-refractivity contribution is -0.114. The predicted octanol–water partition coefficient (Wildman–Crippen LogP) is 2.69. The molecule has 1 fully saturated rings. The van der Waals surface area contributed by atoms with Gasteiger partial charge in [-0.1, -0.05) is 17.7 Å². The van der Waals surface area contributed by atoms with Gasteiger partial charge in [-0.2, -0.15) is 0 Å². The third kappa shape index (κ3) is 2.59. The average Bonchev–Trinajstić information content (AvgIpc) is 3.19. The van der Waals surface area contributed by atoms with Gasteiger partial charge in [-0.15, -0.1) is 0 Å². The number of hydrogen-bond acceptors (Lipinski definition) is 5. The molecule has 2 amide bonds. The molecule has 0 unspecified atom stereocenters. The van der Waals surface area contributed by atoms with Crippen molar-refractivity contribution in [3.63, 3.8) is 0 Å². The third-order valence-corrected chi connectivity index (χ3v) is 6.09. The first-order valence-electron chi connectivity index (χ1n) is 9.47. The van der Waals surface area contributed by atoms with Crippen LogP contribution in [0.5, 0.6) is 0 Å². The second kappa shape index (κ2) is 6.50. The highest BCUT2D eigenvalue weighted by Crippen LogP contribution is 2.37. The standard InChI is InChI=1S/C21H18ClN3O3/c22-15-2-1-3-18(26)19(15)17-9-11-8-13-14(10-16(11)24-17)21(28)25(20(13)27)12-4-6-23-7-5-12/h1-2,8,10,12,23H,3-7,9H2. The van der Waals surface area contributed by atoms with E-state index in [0.717, 1.165) is 31.5 Å². The largest absolute Gasteiger partial charge is 0.317 e. The Morgan fingerprint density at radius 1 is 1.07 bits per heavy atom. The van der Waals surface area contributed by atoms with Crippen LogP contribution in [0.2, 0.25) is 0 Å². The number of imide groups is 1. The first-order chi connectivity index (χ1) is 13.5. The number of carbonyl (C=O) groups is 3. The number of fused-ring (bicyclic) bond motifs is 2. The molecule has 4 aliphatic rings. The van der Waals surface area contributed by atoms with Crippen LogP contribution in [0.3, 0.4) is 0 Å². The van der Waals surface area contributed by atoms with Crippen molar-refractivity contribution < 1.29 is 14.4 Å². The molecule has 3 aliphatic heterocycles. The highest BCUT2D eigenvalue weighted by atomic mass is 35.5. The van der Waals surface area contributed by atoms with Gasteiger partial charge < -0.3 is 5.32 Å². The summed E-state index contributed by atoms with van der Waals surface area (Å²) in [5.41, 5.74) is 3.38. The van der Waals surface area contributed by atoms with Crippen LogP contribution in [-0.2, 0) is 11.2 Å². The number of hydrogen-bond donors (Lipinski definition) is 1. The van der Waals surface area contributed by atoms with Crippen LogP contribution in [0.25, 0.3) is 0 Å². The van der Waals surface area contributed by atoms with Crippen molar-refractivity contribution in [2.45, 2.75) is 31.7 Å². The summed E-state index contributed by atoms with van der Waals surface area (Å²) >= 11 is 6.22. The molecular formula is C21H18ClN3O3. The number of carbonyl (C=O) groups excluding carboxylic acids is 3. The Kier molecular flexibility index (Phi) is 4.07.